The molecular formula is C23H36O4Si. The molecule has 28 heavy (non-hydrogen) atoms. The van der Waals surface area contributed by atoms with Crippen molar-refractivity contribution in [3.8, 4) is 0 Å². The number of benzene rings is 1. The van der Waals surface area contributed by atoms with E-state index in [4.69, 9.17) is 9.16 Å². The van der Waals surface area contributed by atoms with Gasteiger partial charge in [0.2, 0.25) is 0 Å². The number of carbonyl (C=O) groups excluding carboxylic acids is 2. The van der Waals surface area contributed by atoms with Crippen LogP contribution in [0.3, 0.4) is 0 Å². The highest BCUT2D eigenvalue weighted by molar-refractivity contribution is 6.74. The number of carbonyl (C=O) groups is 2. The molecule has 1 saturated carbocycles. The molecule has 1 aromatic carbocycles. The van der Waals surface area contributed by atoms with Crippen LogP contribution in [-0.4, -0.2) is 26.7 Å². The lowest BCUT2D eigenvalue weighted by Crippen LogP contribution is -2.46. The minimum Gasteiger partial charge on any atom is -0.466 e. The van der Waals surface area contributed by atoms with Crippen LogP contribution in [0.15, 0.2) is 30.3 Å². The summed E-state index contributed by atoms with van der Waals surface area (Å²) in [6, 6.07) is 10.0. The van der Waals surface area contributed by atoms with Gasteiger partial charge in [-0.15, -0.1) is 0 Å². The van der Waals surface area contributed by atoms with Gasteiger partial charge in [0.25, 0.3) is 0 Å². The second kappa shape index (κ2) is 9.36. The Hall–Kier alpha value is -1.46. The first-order valence-corrected chi connectivity index (χ1v) is 13.4. The first kappa shape index (κ1) is 22.8. The average molecular weight is 405 g/mol. The number of ketones is 1. The highest BCUT2D eigenvalue weighted by atomic mass is 28.4. The molecule has 0 radical (unpaired) electrons. The van der Waals surface area contributed by atoms with Crippen molar-refractivity contribution >= 4 is 20.1 Å². The third-order valence-electron chi connectivity index (χ3n) is 6.29. The van der Waals surface area contributed by atoms with E-state index in [-0.39, 0.29) is 41.2 Å². The Morgan fingerprint density at radius 2 is 1.86 bits per heavy atom. The van der Waals surface area contributed by atoms with Gasteiger partial charge >= 0.3 is 5.97 Å². The Balaban J connectivity index is 2.41. The van der Waals surface area contributed by atoms with Gasteiger partial charge in [-0.3, -0.25) is 9.59 Å². The van der Waals surface area contributed by atoms with Crippen LogP contribution in [0.2, 0.25) is 18.1 Å². The van der Waals surface area contributed by atoms with Gasteiger partial charge in [0.05, 0.1) is 18.6 Å². The molecule has 1 aromatic rings. The Labute approximate surface area is 171 Å². The summed E-state index contributed by atoms with van der Waals surface area (Å²) in [5.74, 6) is -0.329. The SMILES string of the molecule is CCOC(=O)C[C@H]1CCCC(=O)[C@@H]1[C@@H](O[Si](C)(C)C(C)(C)C)c1ccccc1. The lowest BCUT2D eigenvalue weighted by Gasteiger charge is -2.44. The van der Waals surface area contributed by atoms with E-state index >= 15 is 0 Å². The smallest absolute Gasteiger partial charge is 0.306 e. The normalized spacial score (nSPS) is 22.0. The second-order valence-corrected chi connectivity index (χ2v) is 14.1. The number of Topliss-reactive ketones (excluding diaryl/α,β-unsaturated/α-hetero) is 1. The van der Waals surface area contributed by atoms with Crippen LogP contribution in [-0.2, 0) is 18.8 Å². The van der Waals surface area contributed by atoms with Gasteiger partial charge in [-0.1, -0.05) is 51.1 Å². The van der Waals surface area contributed by atoms with Crippen LogP contribution in [0.1, 0.15) is 65.0 Å². The van der Waals surface area contributed by atoms with E-state index < -0.39 is 8.32 Å². The molecule has 0 spiro atoms. The van der Waals surface area contributed by atoms with E-state index in [0.717, 1.165) is 18.4 Å². The highest BCUT2D eigenvalue weighted by Crippen LogP contribution is 2.46. The molecule has 0 aliphatic heterocycles. The molecule has 0 saturated heterocycles. The van der Waals surface area contributed by atoms with Crippen LogP contribution in [0.4, 0.5) is 0 Å². The zero-order valence-electron chi connectivity index (χ0n) is 18.3. The van der Waals surface area contributed by atoms with Crippen LogP contribution >= 0.6 is 0 Å². The fourth-order valence-corrected chi connectivity index (χ4v) is 4.98. The number of esters is 1. The third kappa shape index (κ3) is 5.54. The summed E-state index contributed by atoms with van der Waals surface area (Å²) in [7, 11) is -2.12. The van der Waals surface area contributed by atoms with Gasteiger partial charge in [-0.05, 0) is 49.4 Å². The number of hydrogen-bond donors (Lipinski definition) is 0. The first-order chi connectivity index (χ1) is 13.1. The minimum atomic E-state index is -2.12. The molecule has 0 N–H and O–H groups in total. The van der Waals surface area contributed by atoms with Crippen LogP contribution in [0.25, 0.3) is 0 Å². The quantitative estimate of drug-likeness (QED) is 0.433. The van der Waals surface area contributed by atoms with E-state index in [9.17, 15) is 9.59 Å². The summed E-state index contributed by atoms with van der Waals surface area (Å²) in [4.78, 5) is 25.3. The summed E-state index contributed by atoms with van der Waals surface area (Å²) < 4.78 is 12.0. The van der Waals surface area contributed by atoms with Crippen molar-refractivity contribution in [3.63, 3.8) is 0 Å². The largest absolute Gasteiger partial charge is 0.466 e. The van der Waals surface area contributed by atoms with E-state index in [2.05, 4.69) is 33.9 Å². The molecular weight excluding hydrogens is 368 g/mol. The molecule has 0 heterocycles. The van der Waals surface area contributed by atoms with Crippen molar-refractivity contribution in [2.45, 2.75) is 77.6 Å². The van der Waals surface area contributed by atoms with Crippen LogP contribution in [0, 0.1) is 11.8 Å². The van der Waals surface area contributed by atoms with Crippen molar-refractivity contribution < 1.29 is 18.8 Å². The summed E-state index contributed by atoms with van der Waals surface area (Å²) in [5.41, 5.74) is 1.03. The summed E-state index contributed by atoms with van der Waals surface area (Å²) in [6.45, 7) is 13.2. The molecule has 0 bridgehead atoms. The zero-order chi connectivity index (χ0) is 20.9. The minimum absolute atomic E-state index is 0.0322. The molecule has 3 atom stereocenters. The highest BCUT2D eigenvalue weighted by Gasteiger charge is 2.45. The summed E-state index contributed by atoms with van der Waals surface area (Å²) in [5, 5.41) is 0.0361. The zero-order valence-corrected chi connectivity index (χ0v) is 19.3. The molecule has 0 unspecified atom stereocenters. The molecule has 2 rings (SSSR count). The van der Waals surface area contributed by atoms with Crippen molar-refractivity contribution in [1.29, 1.82) is 0 Å². The van der Waals surface area contributed by atoms with E-state index in [1.165, 1.54) is 0 Å². The van der Waals surface area contributed by atoms with E-state index in [0.29, 0.717) is 13.0 Å². The van der Waals surface area contributed by atoms with Crippen molar-refractivity contribution in [1.82, 2.24) is 0 Å². The standard InChI is InChI=1S/C23H36O4Si/c1-7-26-20(25)16-18-14-11-15-19(24)21(18)22(17-12-9-8-10-13-17)27-28(5,6)23(2,3)4/h8-10,12-13,18,21-22H,7,11,14-16H2,1-6H3/t18-,21-,22+/m1/s1. The fourth-order valence-electron chi connectivity index (χ4n) is 3.71. The third-order valence-corrected chi connectivity index (χ3v) is 10.7. The molecule has 5 heteroatoms. The second-order valence-electron chi connectivity index (χ2n) is 9.36. The van der Waals surface area contributed by atoms with Crippen molar-refractivity contribution in [2.75, 3.05) is 6.61 Å². The lowest BCUT2D eigenvalue weighted by molar-refractivity contribution is -0.146. The number of ether oxygens (including phenoxy) is 1. The predicted molar refractivity (Wildman–Crippen MR) is 115 cm³/mol. The Bertz CT molecular complexity index is 663. The van der Waals surface area contributed by atoms with Gasteiger partial charge in [0, 0.05) is 12.8 Å². The molecule has 0 aromatic heterocycles. The first-order valence-electron chi connectivity index (χ1n) is 10.5. The Morgan fingerprint density at radius 1 is 1.21 bits per heavy atom. The monoisotopic (exact) mass is 404 g/mol. The Kier molecular flexibility index (Phi) is 7.63. The maximum absolute atomic E-state index is 13.1. The van der Waals surface area contributed by atoms with E-state index in [1.54, 1.807) is 0 Å². The molecule has 0 amide bonds. The van der Waals surface area contributed by atoms with Crippen molar-refractivity contribution in [2.24, 2.45) is 11.8 Å². The van der Waals surface area contributed by atoms with Gasteiger partial charge in [0.15, 0.2) is 8.32 Å². The molecule has 1 fully saturated rings. The van der Waals surface area contributed by atoms with Crippen molar-refractivity contribution in [3.05, 3.63) is 35.9 Å². The topological polar surface area (TPSA) is 52.6 Å². The fraction of sp³-hybridized carbons (Fsp3) is 0.652. The maximum atomic E-state index is 13.1. The number of hydrogen-bond acceptors (Lipinski definition) is 4. The molecule has 1 aliphatic rings. The van der Waals surface area contributed by atoms with Gasteiger partial charge < -0.3 is 9.16 Å². The lowest BCUT2D eigenvalue weighted by atomic mass is 9.72. The predicted octanol–water partition coefficient (Wildman–Crippen LogP) is 5.69. The molecule has 156 valence electrons. The van der Waals surface area contributed by atoms with E-state index in [1.807, 2.05) is 37.3 Å². The maximum Gasteiger partial charge on any atom is 0.306 e. The summed E-state index contributed by atoms with van der Waals surface area (Å²) >= 11 is 0. The average Bonchev–Trinajstić information content (AvgIpc) is 2.60. The van der Waals surface area contributed by atoms with Gasteiger partial charge in [0.1, 0.15) is 5.78 Å². The van der Waals surface area contributed by atoms with Crippen LogP contribution in [0.5, 0.6) is 0 Å². The van der Waals surface area contributed by atoms with Gasteiger partial charge in [-0.2, -0.15) is 0 Å². The molecule has 4 nitrogen and oxygen atoms in total. The number of rotatable bonds is 7. The summed E-state index contributed by atoms with van der Waals surface area (Å²) in [6.07, 6.45) is 2.23. The Morgan fingerprint density at radius 3 is 2.43 bits per heavy atom. The van der Waals surface area contributed by atoms with Gasteiger partial charge in [-0.25, -0.2) is 0 Å². The van der Waals surface area contributed by atoms with Crippen LogP contribution < -0.4 is 0 Å². The molecule has 1 aliphatic carbocycles.